The highest BCUT2D eigenvalue weighted by molar-refractivity contribution is 6.34. The summed E-state index contributed by atoms with van der Waals surface area (Å²) in [5.41, 5.74) is 0.380. The quantitative estimate of drug-likeness (QED) is 0.196. The molecule has 0 unspecified atom stereocenters. The molecule has 16 heteroatoms. The molecule has 6 rings (SSSR count). The van der Waals surface area contributed by atoms with Crippen LogP contribution in [0.5, 0.6) is 0 Å². The molecule has 5 aromatic heterocycles. The Morgan fingerprint density at radius 3 is 2.11 bits per heavy atom. The second-order valence-corrected chi connectivity index (χ2v) is 7.96. The van der Waals surface area contributed by atoms with Gasteiger partial charge in [-0.1, -0.05) is 11.6 Å². The van der Waals surface area contributed by atoms with Crippen molar-refractivity contribution in [3.05, 3.63) is 64.7 Å². The molecule has 0 radical (unpaired) electrons. The average molecular weight is 540 g/mol. The van der Waals surface area contributed by atoms with Crippen LogP contribution < -0.4 is 5.32 Å². The first-order valence-electron chi connectivity index (χ1n) is 10.2. The number of H-pyrrole nitrogens is 2. The molecule has 0 amide bonds. The van der Waals surface area contributed by atoms with Gasteiger partial charge in [-0.15, -0.1) is 0 Å². The largest absolute Gasteiger partial charge is 0.418 e. The normalized spacial score (nSPS) is 13.1. The maximum Gasteiger partial charge on any atom is 0.418 e. The van der Waals surface area contributed by atoms with Gasteiger partial charge in [0.05, 0.1) is 28.4 Å². The van der Waals surface area contributed by atoms with Crippen molar-refractivity contribution in [3.63, 3.8) is 0 Å². The summed E-state index contributed by atoms with van der Waals surface area (Å²) in [6.07, 6.45) is -1.61. The molecule has 9 nitrogen and oxygen atoms in total. The van der Waals surface area contributed by atoms with E-state index in [-0.39, 0.29) is 33.0 Å². The van der Waals surface area contributed by atoms with Gasteiger partial charge >= 0.3 is 12.4 Å². The topological polar surface area (TPSA) is 120 Å². The zero-order valence-corrected chi connectivity index (χ0v) is 18.8. The minimum atomic E-state index is -4.50. The Balaban J connectivity index is 0.000000171. The van der Waals surface area contributed by atoms with Gasteiger partial charge < -0.3 is 15.3 Å². The van der Waals surface area contributed by atoms with E-state index in [9.17, 15) is 26.3 Å². The van der Waals surface area contributed by atoms with Crippen LogP contribution in [0.4, 0.5) is 38.0 Å². The molecule has 190 valence electrons. The maximum absolute atomic E-state index is 13.1. The molecule has 0 spiro atoms. The molecular weight excluding hydrogens is 528 g/mol. The molecule has 6 heterocycles. The van der Waals surface area contributed by atoms with Crippen LogP contribution in [0.25, 0.3) is 22.1 Å². The number of rotatable bonds is 2. The van der Waals surface area contributed by atoms with Gasteiger partial charge in [0.15, 0.2) is 0 Å². The second kappa shape index (κ2) is 8.99. The fourth-order valence-corrected chi connectivity index (χ4v) is 3.85. The molecule has 1 aliphatic rings. The number of hydrogen-bond donors (Lipinski definition) is 3. The standard InChI is InChI=1S/C14H9F3N6.C7H3ClF3N3/c15-14(16,17)9-5-20-12-11(9)13(22-6-21-12)23-10-1-7-2-18-3-8(7)4-19-10;8-5-4-3(7(9,10)11)1-12-6(4)14-2-13-5/h1-2,4-6H,3H2,(H2,19,20,21,22,23);1-2H,(H,12,13,14). The molecule has 0 fully saturated rings. The summed E-state index contributed by atoms with van der Waals surface area (Å²) < 4.78 is 76.5. The third-order valence-electron chi connectivity index (χ3n) is 5.27. The van der Waals surface area contributed by atoms with Crippen molar-refractivity contribution in [2.24, 2.45) is 4.99 Å². The molecule has 0 saturated heterocycles. The monoisotopic (exact) mass is 539 g/mol. The second-order valence-electron chi connectivity index (χ2n) is 7.60. The average Bonchev–Trinajstić information content (AvgIpc) is 3.57. The van der Waals surface area contributed by atoms with Crippen molar-refractivity contribution in [1.29, 1.82) is 0 Å². The van der Waals surface area contributed by atoms with E-state index in [4.69, 9.17) is 11.6 Å². The molecule has 0 aromatic carbocycles. The minimum absolute atomic E-state index is 0.0472. The summed E-state index contributed by atoms with van der Waals surface area (Å²) in [4.78, 5) is 28.1. The highest BCUT2D eigenvalue weighted by Crippen LogP contribution is 2.38. The van der Waals surface area contributed by atoms with Crippen LogP contribution in [-0.2, 0) is 18.9 Å². The van der Waals surface area contributed by atoms with E-state index in [0.717, 1.165) is 29.8 Å². The predicted octanol–water partition coefficient (Wildman–Crippen LogP) is 5.68. The first-order valence-corrected chi connectivity index (χ1v) is 10.6. The molecule has 0 saturated carbocycles. The van der Waals surface area contributed by atoms with E-state index in [1.54, 1.807) is 18.5 Å². The Labute approximate surface area is 207 Å². The van der Waals surface area contributed by atoms with E-state index in [1.807, 2.05) is 0 Å². The zero-order valence-electron chi connectivity index (χ0n) is 18.1. The Bertz CT molecular complexity index is 1640. The fraction of sp³-hybridized carbons (Fsp3) is 0.143. The number of alkyl halides is 6. The zero-order chi connectivity index (χ0) is 26.4. The van der Waals surface area contributed by atoms with Crippen LogP contribution in [-0.4, -0.2) is 41.1 Å². The fourth-order valence-electron chi connectivity index (χ4n) is 3.61. The number of hydrogen-bond acceptors (Lipinski definition) is 7. The molecule has 1 aliphatic heterocycles. The highest BCUT2D eigenvalue weighted by Gasteiger charge is 2.36. The van der Waals surface area contributed by atoms with Gasteiger partial charge in [0.1, 0.15) is 40.7 Å². The van der Waals surface area contributed by atoms with E-state index in [0.29, 0.717) is 12.4 Å². The van der Waals surface area contributed by atoms with E-state index < -0.39 is 23.5 Å². The molecule has 37 heavy (non-hydrogen) atoms. The van der Waals surface area contributed by atoms with Crippen LogP contribution in [0.15, 0.2) is 42.3 Å². The van der Waals surface area contributed by atoms with Gasteiger partial charge in [-0.05, 0) is 6.07 Å². The number of anilines is 2. The number of nitrogens with zero attached hydrogens (tertiary/aromatic N) is 6. The Kier molecular flexibility index (Phi) is 5.94. The smallest absolute Gasteiger partial charge is 0.345 e. The van der Waals surface area contributed by atoms with E-state index in [2.05, 4.69) is 45.2 Å². The minimum Gasteiger partial charge on any atom is -0.345 e. The van der Waals surface area contributed by atoms with E-state index >= 15 is 0 Å². The molecule has 0 aliphatic carbocycles. The van der Waals surface area contributed by atoms with Gasteiger partial charge in [-0.25, -0.2) is 24.9 Å². The lowest BCUT2D eigenvalue weighted by Gasteiger charge is -2.09. The summed E-state index contributed by atoms with van der Waals surface area (Å²) in [6.45, 7) is 0.566. The van der Waals surface area contributed by atoms with Crippen LogP contribution in [0, 0.1) is 0 Å². The Hall–Kier alpha value is -4.27. The van der Waals surface area contributed by atoms with Crippen LogP contribution >= 0.6 is 11.6 Å². The lowest BCUT2D eigenvalue weighted by atomic mass is 10.2. The van der Waals surface area contributed by atoms with Crippen molar-refractivity contribution in [2.45, 2.75) is 18.9 Å². The third-order valence-corrected chi connectivity index (χ3v) is 5.55. The van der Waals surface area contributed by atoms with Crippen molar-refractivity contribution in [3.8, 4) is 0 Å². The summed E-state index contributed by atoms with van der Waals surface area (Å²) in [6, 6.07) is 1.72. The molecule has 3 N–H and O–H groups in total. The number of fused-ring (bicyclic) bond motifs is 3. The lowest BCUT2D eigenvalue weighted by molar-refractivity contribution is -0.137. The molecule has 5 aromatic rings. The van der Waals surface area contributed by atoms with Gasteiger partial charge in [-0.2, -0.15) is 26.3 Å². The van der Waals surface area contributed by atoms with Crippen LogP contribution in [0.1, 0.15) is 22.3 Å². The highest BCUT2D eigenvalue weighted by atomic mass is 35.5. The first-order chi connectivity index (χ1) is 17.5. The van der Waals surface area contributed by atoms with E-state index in [1.165, 1.54) is 6.33 Å². The van der Waals surface area contributed by atoms with Crippen molar-refractivity contribution in [1.82, 2.24) is 34.9 Å². The van der Waals surface area contributed by atoms with Crippen LogP contribution in [0.2, 0.25) is 5.15 Å². The number of aromatic nitrogens is 7. The van der Waals surface area contributed by atoms with Crippen LogP contribution in [0.3, 0.4) is 0 Å². The summed E-state index contributed by atoms with van der Waals surface area (Å²) in [7, 11) is 0. The number of pyridine rings is 1. The maximum atomic E-state index is 13.1. The number of aliphatic imine (C=N–C) groups is 1. The first kappa shape index (κ1) is 24.4. The summed E-state index contributed by atoms with van der Waals surface area (Å²) >= 11 is 5.54. The van der Waals surface area contributed by atoms with Crippen molar-refractivity contribution in [2.75, 3.05) is 5.32 Å². The van der Waals surface area contributed by atoms with Gasteiger partial charge in [0.2, 0.25) is 0 Å². The Morgan fingerprint density at radius 1 is 0.811 bits per heavy atom. The SMILES string of the molecule is FC(F)(F)c1c[nH]c2ncnc(Cl)c12.FC(F)(F)c1c[nH]c2ncnc(Nc3cc4c(cn3)CN=C4)c12. The number of aromatic amines is 2. The summed E-state index contributed by atoms with van der Waals surface area (Å²) in [5, 5.41) is 2.32. The van der Waals surface area contributed by atoms with Gasteiger partial charge in [0, 0.05) is 35.9 Å². The third kappa shape index (κ3) is 4.76. The number of halogens is 7. The molecule has 0 atom stereocenters. The molecular formula is C21H12ClF6N9. The Morgan fingerprint density at radius 2 is 1.43 bits per heavy atom. The predicted molar refractivity (Wildman–Crippen MR) is 122 cm³/mol. The number of nitrogens with one attached hydrogen (secondary N) is 3. The van der Waals surface area contributed by atoms with Gasteiger partial charge in [0.25, 0.3) is 0 Å². The lowest BCUT2D eigenvalue weighted by Crippen LogP contribution is -2.06. The van der Waals surface area contributed by atoms with Crippen molar-refractivity contribution >= 4 is 51.5 Å². The van der Waals surface area contributed by atoms with Crippen molar-refractivity contribution < 1.29 is 26.3 Å². The van der Waals surface area contributed by atoms with Gasteiger partial charge in [-0.3, -0.25) is 4.99 Å². The molecule has 0 bridgehead atoms. The summed E-state index contributed by atoms with van der Waals surface area (Å²) in [5.74, 6) is 0.442.